The molecule has 3 heteroatoms. The molecule has 1 fully saturated rings. The summed E-state index contributed by atoms with van der Waals surface area (Å²) in [5.41, 5.74) is 0. The van der Waals surface area contributed by atoms with Crippen molar-refractivity contribution in [2.45, 2.75) is 11.8 Å². The van der Waals surface area contributed by atoms with Gasteiger partial charge in [0, 0.05) is 22.5 Å². The Morgan fingerprint density at radius 1 is 1.29 bits per heavy atom. The molecule has 1 nitrogen and oxygen atoms in total. The SMILES string of the molecule is CC1CP(=O)(c2ccccc2)CC1Br. The van der Waals surface area contributed by atoms with Gasteiger partial charge in [-0.05, 0) is 5.92 Å². The molecule has 14 heavy (non-hydrogen) atoms. The highest BCUT2D eigenvalue weighted by Gasteiger charge is 2.39. The van der Waals surface area contributed by atoms with Crippen molar-refractivity contribution < 1.29 is 4.57 Å². The van der Waals surface area contributed by atoms with Crippen LogP contribution in [0.25, 0.3) is 0 Å². The van der Waals surface area contributed by atoms with E-state index in [1.807, 2.05) is 30.3 Å². The zero-order chi connectivity index (χ0) is 10.2. The molecule has 0 N–H and O–H groups in total. The zero-order valence-electron chi connectivity index (χ0n) is 8.19. The van der Waals surface area contributed by atoms with Crippen LogP contribution in [0.3, 0.4) is 0 Å². The second kappa shape index (κ2) is 3.83. The molecular formula is C11H14BrOP. The van der Waals surface area contributed by atoms with Crippen molar-refractivity contribution in [2.24, 2.45) is 5.92 Å². The Labute approximate surface area is 93.4 Å². The monoisotopic (exact) mass is 272 g/mol. The lowest BCUT2D eigenvalue weighted by molar-refractivity contribution is 0.583. The van der Waals surface area contributed by atoms with Gasteiger partial charge in [-0.1, -0.05) is 53.2 Å². The highest BCUT2D eigenvalue weighted by molar-refractivity contribution is 9.09. The summed E-state index contributed by atoms with van der Waals surface area (Å²) < 4.78 is 12.6. The van der Waals surface area contributed by atoms with Gasteiger partial charge in [0.05, 0.1) is 0 Å². The van der Waals surface area contributed by atoms with E-state index >= 15 is 0 Å². The molecular weight excluding hydrogens is 259 g/mol. The van der Waals surface area contributed by atoms with Crippen LogP contribution >= 0.6 is 23.1 Å². The average Bonchev–Trinajstić information content (AvgIpc) is 2.44. The van der Waals surface area contributed by atoms with Gasteiger partial charge in [-0.2, -0.15) is 0 Å². The largest absolute Gasteiger partial charge is 0.319 e. The molecule has 1 heterocycles. The molecule has 1 saturated heterocycles. The Morgan fingerprint density at radius 2 is 1.93 bits per heavy atom. The van der Waals surface area contributed by atoms with Gasteiger partial charge < -0.3 is 4.57 Å². The normalized spacial score (nSPS) is 37.3. The molecule has 0 bridgehead atoms. The van der Waals surface area contributed by atoms with E-state index in [9.17, 15) is 4.57 Å². The van der Waals surface area contributed by atoms with Gasteiger partial charge in [0.1, 0.15) is 7.14 Å². The van der Waals surface area contributed by atoms with Crippen LogP contribution in [0, 0.1) is 5.92 Å². The number of rotatable bonds is 1. The summed E-state index contributed by atoms with van der Waals surface area (Å²) in [6.45, 7) is 2.17. The van der Waals surface area contributed by atoms with Gasteiger partial charge in [-0.15, -0.1) is 0 Å². The molecule has 0 spiro atoms. The van der Waals surface area contributed by atoms with E-state index in [1.54, 1.807) is 0 Å². The highest BCUT2D eigenvalue weighted by atomic mass is 79.9. The van der Waals surface area contributed by atoms with Crippen molar-refractivity contribution in [1.29, 1.82) is 0 Å². The Morgan fingerprint density at radius 3 is 2.43 bits per heavy atom. The minimum Gasteiger partial charge on any atom is -0.319 e. The predicted molar refractivity (Wildman–Crippen MR) is 65.3 cm³/mol. The summed E-state index contributed by atoms with van der Waals surface area (Å²) in [7, 11) is -2.08. The van der Waals surface area contributed by atoms with E-state index in [-0.39, 0.29) is 0 Å². The van der Waals surface area contributed by atoms with Gasteiger partial charge in [0.25, 0.3) is 0 Å². The third-order valence-corrected chi connectivity index (χ3v) is 8.01. The lowest BCUT2D eigenvalue weighted by Crippen LogP contribution is -2.06. The van der Waals surface area contributed by atoms with Crippen LogP contribution in [0.2, 0.25) is 0 Å². The Bertz CT molecular complexity index is 349. The van der Waals surface area contributed by atoms with E-state index in [2.05, 4.69) is 22.9 Å². The van der Waals surface area contributed by atoms with Crippen LogP contribution in [0.15, 0.2) is 30.3 Å². The molecule has 76 valence electrons. The second-order valence-corrected chi connectivity index (χ2v) is 8.28. The molecule has 0 amide bonds. The Hall–Kier alpha value is -0.0700. The van der Waals surface area contributed by atoms with Crippen molar-refractivity contribution in [2.75, 3.05) is 12.3 Å². The van der Waals surface area contributed by atoms with E-state index in [0.717, 1.165) is 17.6 Å². The fourth-order valence-corrected chi connectivity index (χ4v) is 7.30. The number of alkyl halides is 1. The molecule has 0 radical (unpaired) electrons. The fraction of sp³-hybridized carbons (Fsp3) is 0.455. The molecule has 0 aliphatic carbocycles. The van der Waals surface area contributed by atoms with Crippen LogP contribution in [-0.4, -0.2) is 17.2 Å². The molecule has 0 aromatic heterocycles. The first-order valence-corrected chi connectivity index (χ1v) is 7.89. The van der Waals surface area contributed by atoms with Crippen LogP contribution in [-0.2, 0) is 4.57 Å². The standard InChI is InChI=1S/C11H14BrOP/c1-9-7-14(13,8-11(9)12)10-5-3-2-4-6-10/h2-6,9,11H,7-8H2,1H3. The minimum atomic E-state index is -2.08. The molecule has 1 aliphatic heterocycles. The van der Waals surface area contributed by atoms with Gasteiger partial charge in [-0.25, -0.2) is 0 Å². The summed E-state index contributed by atoms with van der Waals surface area (Å²) in [5.74, 6) is 0.529. The van der Waals surface area contributed by atoms with Crippen molar-refractivity contribution in [3.63, 3.8) is 0 Å². The topological polar surface area (TPSA) is 17.1 Å². The first kappa shape index (κ1) is 10.4. The van der Waals surface area contributed by atoms with Gasteiger partial charge in [-0.3, -0.25) is 0 Å². The van der Waals surface area contributed by atoms with E-state index < -0.39 is 7.14 Å². The van der Waals surface area contributed by atoms with Crippen molar-refractivity contribution in [3.8, 4) is 0 Å². The molecule has 3 unspecified atom stereocenters. The van der Waals surface area contributed by atoms with Crippen LogP contribution in [0.5, 0.6) is 0 Å². The first-order valence-electron chi connectivity index (χ1n) is 4.89. The number of halogens is 1. The quantitative estimate of drug-likeness (QED) is 0.567. The first-order chi connectivity index (χ1) is 6.62. The number of hydrogen-bond donors (Lipinski definition) is 0. The van der Waals surface area contributed by atoms with Crippen LogP contribution in [0.4, 0.5) is 0 Å². The van der Waals surface area contributed by atoms with Crippen LogP contribution in [0.1, 0.15) is 6.92 Å². The van der Waals surface area contributed by atoms with Crippen molar-refractivity contribution in [3.05, 3.63) is 30.3 Å². The molecule has 2 rings (SSSR count). The van der Waals surface area contributed by atoms with E-state index in [1.165, 1.54) is 0 Å². The van der Waals surface area contributed by atoms with E-state index in [4.69, 9.17) is 0 Å². The van der Waals surface area contributed by atoms with Crippen molar-refractivity contribution in [1.82, 2.24) is 0 Å². The maximum Gasteiger partial charge on any atom is 0.117 e. The van der Waals surface area contributed by atoms with Crippen molar-refractivity contribution >= 4 is 28.4 Å². The Kier molecular flexibility index (Phi) is 2.86. The third kappa shape index (κ3) is 1.83. The van der Waals surface area contributed by atoms with Crippen LogP contribution < -0.4 is 5.30 Å². The summed E-state index contributed by atoms with van der Waals surface area (Å²) in [6.07, 6.45) is 1.67. The summed E-state index contributed by atoms with van der Waals surface area (Å²) in [4.78, 5) is 0.425. The molecule has 1 aromatic rings. The maximum atomic E-state index is 12.6. The predicted octanol–water partition coefficient (Wildman–Crippen LogP) is 3.09. The molecule has 1 aromatic carbocycles. The smallest absolute Gasteiger partial charge is 0.117 e. The lowest BCUT2D eigenvalue weighted by Gasteiger charge is -2.10. The van der Waals surface area contributed by atoms with E-state index in [0.29, 0.717) is 10.7 Å². The third-order valence-electron chi connectivity index (χ3n) is 2.90. The number of benzene rings is 1. The average molecular weight is 273 g/mol. The molecule has 1 aliphatic rings. The van der Waals surface area contributed by atoms with Gasteiger partial charge in [0.15, 0.2) is 0 Å². The lowest BCUT2D eigenvalue weighted by atomic mass is 10.2. The molecule has 0 saturated carbocycles. The summed E-state index contributed by atoms with van der Waals surface area (Å²) >= 11 is 3.60. The number of hydrogen-bond acceptors (Lipinski definition) is 1. The zero-order valence-corrected chi connectivity index (χ0v) is 10.7. The minimum absolute atomic E-state index is 0.425. The maximum absolute atomic E-state index is 12.6. The highest BCUT2D eigenvalue weighted by Crippen LogP contribution is 2.54. The molecule has 3 atom stereocenters. The van der Waals surface area contributed by atoms with Gasteiger partial charge >= 0.3 is 0 Å². The van der Waals surface area contributed by atoms with Gasteiger partial charge in [0.2, 0.25) is 0 Å². The summed E-state index contributed by atoms with van der Waals surface area (Å²) in [6, 6.07) is 9.92. The summed E-state index contributed by atoms with van der Waals surface area (Å²) in [5, 5.41) is 1.05. The Balaban J connectivity index is 2.32. The second-order valence-electron chi connectivity index (χ2n) is 4.08. The fourth-order valence-electron chi connectivity index (χ4n) is 2.03.